The van der Waals surface area contributed by atoms with Gasteiger partial charge in [-0.2, -0.15) is 10.2 Å². The van der Waals surface area contributed by atoms with Crippen molar-refractivity contribution in [1.82, 2.24) is 4.98 Å². The lowest BCUT2D eigenvalue weighted by Crippen LogP contribution is -1.87. The van der Waals surface area contributed by atoms with Gasteiger partial charge in [-0.3, -0.25) is 4.98 Å². The Morgan fingerprint density at radius 1 is 1.23 bits per heavy atom. The number of hydrogen-bond acceptors (Lipinski definition) is 3. The molecule has 13 heavy (non-hydrogen) atoms. The highest BCUT2D eigenvalue weighted by Gasteiger charge is 1.91. The molecule has 0 saturated heterocycles. The second-order valence-corrected chi connectivity index (χ2v) is 2.88. The summed E-state index contributed by atoms with van der Waals surface area (Å²) in [6.07, 6.45) is 7.06. The molecule has 0 fully saturated rings. The van der Waals surface area contributed by atoms with E-state index in [-0.39, 0.29) is 0 Å². The summed E-state index contributed by atoms with van der Waals surface area (Å²) in [4.78, 5) is 3.97. The SMILES string of the molecule is CN=NCCCCc1ccncc1. The largest absolute Gasteiger partial charge is 0.265 e. The Bertz CT molecular complexity index is 244. The van der Waals surface area contributed by atoms with E-state index in [9.17, 15) is 0 Å². The lowest BCUT2D eigenvalue weighted by molar-refractivity contribution is 0.724. The van der Waals surface area contributed by atoms with Crippen molar-refractivity contribution in [3.05, 3.63) is 30.1 Å². The van der Waals surface area contributed by atoms with Crippen molar-refractivity contribution in [1.29, 1.82) is 0 Å². The molecule has 0 unspecified atom stereocenters. The van der Waals surface area contributed by atoms with Gasteiger partial charge in [0.2, 0.25) is 0 Å². The lowest BCUT2D eigenvalue weighted by Gasteiger charge is -1.98. The quantitative estimate of drug-likeness (QED) is 0.503. The second-order valence-electron chi connectivity index (χ2n) is 2.88. The highest BCUT2D eigenvalue weighted by Crippen LogP contribution is 2.02. The Morgan fingerprint density at radius 3 is 2.69 bits per heavy atom. The van der Waals surface area contributed by atoms with E-state index >= 15 is 0 Å². The molecule has 0 aliphatic heterocycles. The first-order valence-corrected chi connectivity index (χ1v) is 4.58. The Labute approximate surface area is 78.9 Å². The van der Waals surface area contributed by atoms with E-state index in [0.29, 0.717) is 0 Å². The molecule has 0 aliphatic rings. The topological polar surface area (TPSA) is 37.6 Å². The number of hydrogen-bond donors (Lipinski definition) is 0. The molecule has 0 bridgehead atoms. The Hall–Kier alpha value is -1.25. The monoisotopic (exact) mass is 177 g/mol. The van der Waals surface area contributed by atoms with Gasteiger partial charge < -0.3 is 0 Å². The third-order valence-corrected chi connectivity index (χ3v) is 1.86. The summed E-state index contributed by atoms with van der Waals surface area (Å²) >= 11 is 0. The van der Waals surface area contributed by atoms with E-state index in [4.69, 9.17) is 0 Å². The predicted octanol–water partition coefficient (Wildman–Crippen LogP) is 2.49. The number of aromatic nitrogens is 1. The molecule has 3 heteroatoms. The number of azo groups is 1. The minimum absolute atomic E-state index is 0.849. The van der Waals surface area contributed by atoms with Gasteiger partial charge in [0.05, 0.1) is 6.54 Å². The van der Waals surface area contributed by atoms with Crippen molar-refractivity contribution < 1.29 is 0 Å². The van der Waals surface area contributed by atoms with Crippen LogP contribution in [0, 0.1) is 0 Å². The smallest absolute Gasteiger partial charge is 0.0598 e. The lowest BCUT2D eigenvalue weighted by atomic mass is 10.1. The molecular formula is C10H15N3. The zero-order chi connectivity index (χ0) is 9.36. The summed E-state index contributed by atoms with van der Waals surface area (Å²) in [5.74, 6) is 0. The van der Waals surface area contributed by atoms with Crippen molar-refractivity contribution in [2.75, 3.05) is 13.6 Å². The van der Waals surface area contributed by atoms with E-state index in [1.54, 1.807) is 7.05 Å². The van der Waals surface area contributed by atoms with Gasteiger partial charge in [0.15, 0.2) is 0 Å². The van der Waals surface area contributed by atoms with Crippen LogP contribution in [0.25, 0.3) is 0 Å². The summed E-state index contributed by atoms with van der Waals surface area (Å²) < 4.78 is 0. The maximum Gasteiger partial charge on any atom is 0.0598 e. The predicted molar refractivity (Wildman–Crippen MR) is 52.8 cm³/mol. The molecule has 0 saturated carbocycles. The average molecular weight is 177 g/mol. The van der Waals surface area contributed by atoms with Gasteiger partial charge in [0.1, 0.15) is 0 Å². The van der Waals surface area contributed by atoms with Crippen LogP contribution < -0.4 is 0 Å². The van der Waals surface area contributed by atoms with E-state index in [1.165, 1.54) is 12.0 Å². The van der Waals surface area contributed by atoms with Crippen molar-refractivity contribution in [3.63, 3.8) is 0 Å². The fourth-order valence-corrected chi connectivity index (χ4v) is 1.16. The summed E-state index contributed by atoms with van der Waals surface area (Å²) in [6, 6.07) is 4.11. The number of unbranched alkanes of at least 4 members (excludes halogenated alkanes) is 1. The maximum atomic E-state index is 3.97. The third-order valence-electron chi connectivity index (χ3n) is 1.86. The summed E-state index contributed by atoms with van der Waals surface area (Å²) in [6.45, 7) is 0.849. The fraction of sp³-hybridized carbons (Fsp3) is 0.500. The van der Waals surface area contributed by atoms with Gasteiger partial charge in [-0.15, -0.1) is 0 Å². The standard InChI is InChI=1S/C10H15N3/c1-11-13-7-3-2-4-10-5-8-12-9-6-10/h5-6,8-9H,2-4,7H2,1H3. The molecule has 0 radical (unpaired) electrons. The normalized spacial score (nSPS) is 10.8. The molecule has 0 spiro atoms. The minimum Gasteiger partial charge on any atom is -0.265 e. The van der Waals surface area contributed by atoms with Gasteiger partial charge in [0, 0.05) is 19.4 Å². The van der Waals surface area contributed by atoms with Crippen LogP contribution in [0.2, 0.25) is 0 Å². The van der Waals surface area contributed by atoms with Crippen LogP contribution in [0.15, 0.2) is 34.8 Å². The zero-order valence-electron chi connectivity index (χ0n) is 7.98. The maximum absolute atomic E-state index is 3.97. The number of aryl methyl sites for hydroxylation is 1. The molecule has 0 aliphatic carbocycles. The van der Waals surface area contributed by atoms with Crippen molar-refractivity contribution in [3.8, 4) is 0 Å². The van der Waals surface area contributed by atoms with E-state index < -0.39 is 0 Å². The van der Waals surface area contributed by atoms with Crippen molar-refractivity contribution in [2.45, 2.75) is 19.3 Å². The van der Waals surface area contributed by atoms with Crippen LogP contribution in [0.3, 0.4) is 0 Å². The second kappa shape index (κ2) is 6.29. The van der Waals surface area contributed by atoms with Crippen LogP contribution in [0.1, 0.15) is 18.4 Å². The number of pyridine rings is 1. The van der Waals surface area contributed by atoms with Gasteiger partial charge in [-0.1, -0.05) is 0 Å². The molecule has 0 amide bonds. The van der Waals surface area contributed by atoms with Crippen LogP contribution in [-0.2, 0) is 6.42 Å². The summed E-state index contributed by atoms with van der Waals surface area (Å²) in [7, 11) is 1.71. The third kappa shape index (κ3) is 4.35. The van der Waals surface area contributed by atoms with Gasteiger partial charge >= 0.3 is 0 Å². The first-order valence-electron chi connectivity index (χ1n) is 4.58. The van der Waals surface area contributed by atoms with Crippen LogP contribution in [-0.4, -0.2) is 18.6 Å². The van der Waals surface area contributed by atoms with Gasteiger partial charge in [0.25, 0.3) is 0 Å². The molecule has 70 valence electrons. The first kappa shape index (κ1) is 9.84. The molecule has 3 nitrogen and oxygen atoms in total. The van der Waals surface area contributed by atoms with E-state index in [2.05, 4.69) is 27.3 Å². The Kier molecular flexibility index (Phi) is 4.76. The first-order chi connectivity index (χ1) is 6.43. The molecule has 0 N–H and O–H groups in total. The van der Waals surface area contributed by atoms with E-state index in [0.717, 1.165) is 19.4 Å². The molecule has 1 rings (SSSR count). The highest BCUT2D eigenvalue weighted by atomic mass is 15.1. The van der Waals surface area contributed by atoms with E-state index in [1.807, 2.05) is 12.4 Å². The average Bonchev–Trinajstić information content (AvgIpc) is 2.19. The zero-order valence-corrected chi connectivity index (χ0v) is 7.98. The molecule has 1 aromatic heterocycles. The fourth-order valence-electron chi connectivity index (χ4n) is 1.16. The summed E-state index contributed by atoms with van der Waals surface area (Å²) in [5.41, 5.74) is 1.35. The number of nitrogens with zero attached hydrogens (tertiary/aromatic N) is 3. The van der Waals surface area contributed by atoms with Gasteiger partial charge in [-0.25, -0.2) is 0 Å². The minimum atomic E-state index is 0.849. The van der Waals surface area contributed by atoms with Crippen LogP contribution >= 0.6 is 0 Å². The highest BCUT2D eigenvalue weighted by molar-refractivity contribution is 5.09. The van der Waals surface area contributed by atoms with Crippen LogP contribution in [0.5, 0.6) is 0 Å². The Morgan fingerprint density at radius 2 is 2.00 bits per heavy atom. The van der Waals surface area contributed by atoms with Crippen LogP contribution in [0.4, 0.5) is 0 Å². The van der Waals surface area contributed by atoms with Crippen molar-refractivity contribution in [2.24, 2.45) is 10.2 Å². The van der Waals surface area contributed by atoms with Crippen molar-refractivity contribution >= 4 is 0 Å². The molecular weight excluding hydrogens is 162 g/mol. The molecule has 0 atom stereocenters. The van der Waals surface area contributed by atoms with Gasteiger partial charge in [-0.05, 0) is 37.0 Å². The molecule has 1 aromatic rings. The summed E-state index contributed by atoms with van der Waals surface area (Å²) in [5, 5.41) is 7.61. The molecule has 0 aromatic carbocycles. The molecule has 1 heterocycles. The Balaban J connectivity index is 2.13. The number of rotatable bonds is 5.